The largest absolute Gasteiger partial charge is 0.378 e. The first kappa shape index (κ1) is 20.5. The molecule has 0 radical (unpaired) electrons. The second kappa shape index (κ2) is 8.00. The van der Waals surface area contributed by atoms with Gasteiger partial charge in [0.25, 0.3) is 11.8 Å². The van der Waals surface area contributed by atoms with Gasteiger partial charge in [0.1, 0.15) is 17.1 Å². The zero-order valence-corrected chi connectivity index (χ0v) is 16.8. The van der Waals surface area contributed by atoms with Crippen LogP contribution < -0.4 is 16.4 Å². The highest BCUT2D eigenvalue weighted by molar-refractivity contribution is 8.17. The molecule has 2 heterocycles. The van der Waals surface area contributed by atoms with Gasteiger partial charge in [0.2, 0.25) is 0 Å². The van der Waals surface area contributed by atoms with E-state index in [9.17, 15) is 14.0 Å². The smallest absolute Gasteiger partial charge is 0.275 e. The Balaban J connectivity index is 1.95. The first-order valence-corrected chi connectivity index (χ1v) is 9.41. The number of anilines is 1. The van der Waals surface area contributed by atoms with Crippen molar-refractivity contribution >= 4 is 34.4 Å². The number of aliphatic imine (C=N–C) groups is 1. The van der Waals surface area contributed by atoms with Crippen molar-refractivity contribution < 1.29 is 14.0 Å². The minimum atomic E-state index is -1.22. The van der Waals surface area contributed by atoms with E-state index in [2.05, 4.69) is 25.6 Å². The Kier molecular flexibility index (Phi) is 5.64. The van der Waals surface area contributed by atoms with Crippen molar-refractivity contribution in [3.63, 3.8) is 0 Å². The number of thioether (sulfide) groups is 1. The van der Waals surface area contributed by atoms with E-state index in [-0.39, 0.29) is 22.3 Å². The van der Waals surface area contributed by atoms with Crippen LogP contribution in [0.1, 0.15) is 28.7 Å². The van der Waals surface area contributed by atoms with Crippen molar-refractivity contribution in [3.05, 3.63) is 64.3 Å². The number of amides is 2. The predicted octanol–water partition coefficient (Wildman–Crippen LogP) is 2.08. The molecule has 4 N–H and O–H groups in total. The van der Waals surface area contributed by atoms with Crippen molar-refractivity contribution in [2.24, 2.45) is 10.7 Å². The predicted molar refractivity (Wildman–Crippen MR) is 110 cm³/mol. The van der Waals surface area contributed by atoms with Crippen molar-refractivity contribution in [1.29, 1.82) is 0 Å². The summed E-state index contributed by atoms with van der Waals surface area (Å²) in [7, 11) is 1.49. The number of rotatable bonds is 4. The summed E-state index contributed by atoms with van der Waals surface area (Å²) in [6, 6.07) is 4.10. The van der Waals surface area contributed by atoms with Gasteiger partial charge in [-0.3, -0.25) is 14.6 Å². The number of halogens is 1. The minimum absolute atomic E-state index is 0.130. The summed E-state index contributed by atoms with van der Waals surface area (Å²) in [4.78, 5) is 37.1. The molecule has 0 bridgehead atoms. The molecule has 0 saturated heterocycles. The number of benzene rings is 1. The molecular formula is C19H19FN6O2S. The lowest BCUT2D eigenvalue weighted by molar-refractivity contribution is -0.116. The van der Waals surface area contributed by atoms with Crippen LogP contribution in [0, 0.1) is 12.7 Å². The first-order valence-electron chi connectivity index (χ1n) is 8.60. The van der Waals surface area contributed by atoms with Crippen LogP contribution in [0.4, 0.5) is 10.1 Å². The zero-order valence-electron chi connectivity index (χ0n) is 16.0. The summed E-state index contributed by atoms with van der Waals surface area (Å²) in [5.74, 6) is -1.37. The standard InChI is InChI=1S/C19H19FN6O2S/c1-10-8-24-14(9-23-10)16(27)25-11-4-5-13(20)12(6-11)19(2)7-15(17(28)22-3)29-18(21)26-19/h4-9H,1-3H3,(H2,21,26)(H,22,28)(H,25,27)/t19-/m0/s1. The molecule has 3 rings (SSSR count). The SMILES string of the molecule is CNC(=O)C1=C[C@@](C)(c2cc(NC(=O)c3cnc(C)cn3)ccc2F)N=C(N)S1. The van der Waals surface area contributed by atoms with Crippen molar-refractivity contribution in [2.45, 2.75) is 19.4 Å². The van der Waals surface area contributed by atoms with Crippen LogP contribution in [0.25, 0.3) is 0 Å². The highest BCUT2D eigenvalue weighted by atomic mass is 32.2. The highest BCUT2D eigenvalue weighted by Gasteiger charge is 2.33. The van der Waals surface area contributed by atoms with Crippen LogP contribution in [-0.4, -0.2) is 34.0 Å². The summed E-state index contributed by atoms with van der Waals surface area (Å²) in [5, 5.41) is 5.32. The fourth-order valence-electron chi connectivity index (χ4n) is 2.75. The van der Waals surface area contributed by atoms with Crippen LogP contribution >= 0.6 is 11.8 Å². The monoisotopic (exact) mass is 414 g/mol. The molecule has 1 aliphatic heterocycles. The summed E-state index contributed by atoms with van der Waals surface area (Å²) < 4.78 is 14.7. The normalized spacial score (nSPS) is 18.5. The molecule has 1 aliphatic rings. The Morgan fingerprint density at radius 2 is 1.97 bits per heavy atom. The number of amidine groups is 1. The summed E-state index contributed by atoms with van der Waals surface area (Å²) in [6.45, 7) is 3.40. The summed E-state index contributed by atoms with van der Waals surface area (Å²) >= 11 is 1.00. The number of nitrogens with two attached hydrogens (primary N) is 1. The third-order valence-electron chi connectivity index (χ3n) is 4.20. The number of carbonyl (C=O) groups is 2. The molecule has 0 spiro atoms. The van der Waals surface area contributed by atoms with Crippen molar-refractivity contribution in [1.82, 2.24) is 15.3 Å². The molecule has 150 valence electrons. The van der Waals surface area contributed by atoms with E-state index >= 15 is 0 Å². The maximum Gasteiger partial charge on any atom is 0.275 e. The fourth-order valence-corrected chi connectivity index (χ4v) is 3.69. The van der Waals surface area contributed by atoms with E-state index in [0.717, 1.165) is 11.8 Å². The van der Waals surface area contributed by atoms with Gasteiger partial charge in [-0.15, -0.1) is 0 Å². The number of nitrogens with zero attached hydrogens (tertiary/aromatic N) is 3. The lowest BCUT2D eigenvalue weighted by Crippen LogP contribution is -2.30. The van der Waals surface area contributed by atoms with Crippen LogP contribution in [0.2, 0.25) is 0 Å². The Hall–Kier alpha value is -3.27. The maximum atomic E-state index is 14.7. The molecule has 8 nitrogen and oxygen atoms in total. The third-order valence-corrected chi connectivity index (χ3v) is 5.03. The molecule has 1 aromatic carbocycles. The number of aromatic nitrogens is 2. The van der Waals surface area contributed by atoms with Gasteiger partial charge < -0.3 is 16.4 Å². The molecule has 1 atom stereocenters. The Morgan fingerprint density at radius 3 is 2.62 bits per heavy atom. The van der Waals surface area contributed by atoms with E-state index < -0.39 is 17.3 Å². The van der Waals surface area contributed by atoms with E-state index in [1.54, 1.807) is 19.9 Å². The first-order chi connectivity index (χ1) is 13.7. The van der Waals surface area contributed by atoms with E-state index in [1.807, 2.05) is 0 Å². The molecule has 0 fully saturated rings. The highest BCUT2D eigenvalue weighted by Crippen LogP contribution is 2.38. The maximum absolute atomic E-state index is 14.7. The van der Waals surface area contributed by atoms with Gasteiger partial charge in [-0.05, 0) is 49.9 Å². The second-order valence-electron chi connectivity index (χ2n) is 6.48. The molecule has 10 heteroatoms. The average molecular weight is 414 g/mol. The molecule has 1 aromatic heterocycles. The lowest BCUT2D eigenvalue weighted by atomic mass is 9.91. The molecule has 0 unspecified atom stereocenters. The number of hydrogen-bond donors (Lipinski definition) is 3. The zero-order chi connectivity index (χ0) is 21.2. The van der Waals surface area contributed by atoms with E-state index in [1.165, 1.54) is 37.6 Å². The summed E-state index contributed by atoms with van der Waals surface area (Å²) in [6.07, 6.45) is 4.38. The Labute approximate surface area is 170 Å². The average Bonchev–Trinajstić information content (AvgIpc) is 2.68. The van der Waals surface area contributed by atoms with Gasteiger partial charge in [0.05, 0.1) is 16.8 Å². The van der Waals surface area contributed by atoms with Gasteiger partial charge in [-0.2, -0.15) is 0 Å². The van der Waals surface area contributed by atoms with Crippen LogP contribution in [0.15, 0.2) is 46.6 Å². The quantitative estimate of drug-likeness (QED) is 0.704. The van der Waals surface area contributed by atoms with Crippen LogP contribution in [0.3, 0.4) is 0 Å². The molecular weight excluding hydrogens is 395 g/mol. The van der Waals surface area contributed by atoms with Gasteiger partial charge in [0, 0.05) is 24.5 Å². The van der Waals surface area contributed by atoms with Crippen LogP contribution in [0.5, 0.6) is 0 Å². The number of aryl methyl sites for hydroxylation is 1. The van der Waals surface area contributed by atoms with E-state index in [0.29, 0.717) is 16.3 Å². The molecule has 2 amide bonds. The molecule has 2 aromatic rings. The van der Waals surface area contributed by atoms with Gasteiger partial charge in [-0.1, -0.05) is 0 Å². The van der Waals surface area contributed by atoms with Crippen molar-refractivity contribution in [3.8, 4) is 0 Å². The van der Waals surface area contributed by atoms with Crippen molar-refractivity contribution in [2.75, 3.05) is 12.4 Å². The molecule has 29 heavy (non-hydrogen) atoms. The van der Waals surface area contributed by atoms with E-state index in [4.69, 9.17) is 5.73 Å². The van der Waals surface area contributed by atoms with Gasteiger partial charge in [0.15, 0.2) is 5.17 Å². The lowest BCUT2D eigenvalue weighted by Gasteiger charge is -2.28. The molecule has 0 saturated carbocycles. The fraction of sp³-hybridized carbons (Fsp3) is 0.211. The number of nitrogens with one attached hydrogen (secondary N) is 2. The third kappa shape index (κ3) is 4.43. The van der Waals surface area contributed by atoms with Crippen LogP contribution in [-0.2, 0) is 10.3 Å². The topological polar surface area (TPSA) is 122 Å². The number of carbonyl (C=O) groups excluding carboxylic acids is 2. The Morgan fingerprint density at radius 1 is 1.21 bits per heavy atom. The minimum Gasteiger partial charge on any atom is -0.378 e. The number of hydrogen-bond acceptors (Lipinski definition) is 7. The van der Waals surface area contributed by atoms with Gasteiger partial charge >= 0.3 is 0 Å². The van der Waals surface area contributed by atoms with Gasteiger partial charge in [-0.25, -0.2) is 14.4 Å². The molecule has 0 aliphatic carbocycles. The second-order valence-corrected chi connectivity index (χ2v) is 7.54. The summed E-state index contributed by atoms with van der Waals surface area (Å²) in [5.41, 5.74) is 5.98. The Bertz CT molecular complexity index is 1040. The number of likely N-dealkylation sites (N-methyl/N-ethyl adjacent to an activating group) is 1.